The van der Waals surface area contributed by atoms with Crippen molar-refractivity contribution in [2.45, 2.75) is 51.0 Å². The fourth-order valence-corrected chi connectivity index (χ4v) is 4.07. The van der Waals surface area contributed by atoms with Crippen molar-refractivity contribution in [3.05, 3.63) is 29.3 Å². The summed E-state index contributed by atoms with van der Waals surface area (Å²) in [6, 6.07) is 8.22. The van der Waals surface area contributed by atoms with Crippen LogP contribution >= 0.6 is 11.3 Å². The Morgan fingerprint density at radius 1 is 1.16 bits per heavy atom. The highest BCUT2D eigenvalue weighted by Gasteiger charge is 2.22. The third-order valence-electron chi connectivity index (χ3n) is 4.17. The van der Waals surface area contributed by atoms with Gasteiger partial charge in [0, 0.05) is 6.42 Å². The molecule has 1 atom stereocenters. The Morgan fingerprint density at radius 2 is 1.89 bits per heavy atom. The third kappa shape index (κ3) is 3.15. The van der Waals surface area contributed by atoms with Crippen LogP contribution in [0.4, 0.5) is 0 Å². The number of thiazole rings is 1. The molecule has 1 heterocycles. The molecule has 0 aliphatic heterocycles. The molecule has 3 rings (SSSR count). The van der Waals surface area contributed by atoms with Crippen LogP contribution in [-0.2, 0) is 6.42 Å². The Morgan fingerprint density at radius 3 is 2.63 bits per heavy atom. The van der Waals surface area contributed by atoms with Crippen molar-refractivity contribution in [3.63, 3.8) is 0 Å². The predicted octanol–water partition coefficient (Wildman–Crippen LogP) is 4.17. The minimum atomic E-state index is -0.210. The van der Waals surface area contributed by atoms with Gasteiger partial charge in [-0.1, -0.05) is 37.8 Å². The molecule has 1 saturated carbocycles. The first-order chi connectivity index (χ1) is 9.33. The van der Waals surface area contributed by atoms with Gasteiger partial charge in [0.05, 0.1) is 21.3 Å². The van der Waals surface area contributed by atoms with E-state index in [0.29, 0.717) is 5.92 Å². The van der Waals surface area contributed by atoms with E-state index in [4.69, 9.17) is 0 Å². The molecule has 0 saturated heterocycles. The van der Waals surface area contributed by atoms with E-state index >= 15 is 0 Å². The van der Waals surface area contributed by atoms with Gasteiger partial charge in [-0.2, -0.15) is 0 Å². The zero-order chi connectivity index (χ0) is 13.1. The lowest BCUT2D eigenvalue weighted by atomic mass is 9.92. The SMILES string of the molecule is OC(Cc1nc2ccccc2s1)C1CCCCCC1. The Hall–Kier alpha value is -0.930. The normalized spacial score (nSPS) is 19.4. The number of aliphatic hydroxyl groups is 1. The summed E-state index contributed by atoms with van der Waals surface area (Å²) in [5, 5.41) is 11.5. The largest absolute Gasteiger partial charge is 0.392 e. The Kier molecular flexibility index (Phi) is 4.14. The fraction of sp³-hybridized carbons (Fsp3) is 0.562. The molecule has 1 aromatic carbocycles. The Balaban J connectivity index is 1.69. The molecular weight excluding hydrogens is 254 g/mol. The van der Waals surface area contributed by atoms with Gasteiger partial charge in [0.25, 0.3) is 0 Å². The standard InChI is InChI=1S/C16H21NOS/c18-14(12-7-3-1-2-4-8-12)11-16-17-13-9-5-6-10-15(13)19-16/h5-6,9-10,12,14,18H,1-4,7-8,11H2. The highest BCUT2D eigenvalue weighted by atomic mass is 32.1. The molecule has 1 aliphatic rings. The second kappa shape index (κ2) is 6.02. The number of para-hydroxylation sites is 1. The van der Waals surface area contributed by atoms with E-state index in [0.717, 1.165) is 16.9 Å². The molecule has 1 unspecified atom stereocenters. The van der Waals surface area contributed by atoms with E-state index in [1.54, 1.807) is 11.3 Å². The zero-order valence-electron chi connectivity index (χ0n) is 11.2. The molecule has 1 aromatic heterocycles. The first-order valence-corrected chi connectivity index (χ1v) is 8.17. The van der Waals surface area contributed by atoms with Crippen molar-refractivity contribution in [1.29, 1.82) is 0 Å². The average Bonchev–Trinajstić information content (AvgIpc) is 2.63. The minimum absolute atomic E-state index is 0.210. The number of nitrogens with zero attached hydrogens (tertiary/aromatic N) is 1. The van der Waals surface area contributed by atoms with E-state index in [1.807, 2.05) is 18.2 Å². The van der Waals surface area contributed by atoms with E-state index in [1.165, 1.54) is 43.2 Å². The summed E-state index contributed by atoms with van der Waals surface area (Å²) in [7, 11) is 0. The maximum Gasteiger partial charge on any atom is 0.0964 e. The topological polar surface area (TPSA) is 33.1 Å². The van der Waals surface area contributed by atoms with Gasteiger partial charge < -0.3 is 5.11 Å². The molecule has 2 aromatic rings. The highest BCUT2D eigenvalue weighted by molar-refractivity contribution is 7.18. The Labute approximate surface area is 118 Å². The van der Waals surface area contributed by atoms with Gasteiger partial charge in [-0.05, 0) is 30.9 Å². The molecule has 0 radical (unpaired) electrons. The molecule has 3 heteroatoms. The van der Waals surface area contributed by atoms with Gasteiger partial charge in [-0.25, -0.2) is 4.98 Å². The first kappa shape index (κ1) is 13.1. The summed E-state index contributed by atoms with van der Waals surface area (Å²) in [6.07, 6.45) is 8.12. The smallest absolute Gasteiger partial charge is 0.0964 e. The number of benzene rings is 1. The van der Waals surface area contributed by atoms with E-state index in [2.05, 4.69) is 11.1 Å². The molecule has 1 N–H and O–H groups in total. The van der Waals surface area contributed by atoms with E-state index < -0.39 is 0 Å². The summed E-state index contributed by atoms with van der Waals surface area (Å²) in [6.45, 7) is 0. The monoisotopic (exact) mass is 275 g/mol. The number of hydrogen-bond donors (Lipinski definition) is 1. The van der Waals surface area contributed by atoms with Crippen LogP contribution in [0.1, 0.15) is 43.5 Å². The van der Waals surface area contributed by atoms with Gasteiger partial charge in [0.1, 0.15) is 0 Å². The quantitative estimate of drug-likeness (QED) is 0.853. The van der Waals surface area contributed by atoms with Gasteiger partial charge in [-0.3, -0.25) is 0 Å². The average molecular weight is 275 g/mol. The summed E-state index contributed by atoms with van der Waals surface area (Å²) in [4.78, 5) is 4.63. The molecule has 1 fully saturated rings. The molecular formula is C16H21NOS. The number of aromatic nitrogens is 1. The molecule has 102 valence electrons. The summed E-state index contributed by atoms with van der Waals surface area (Å²) in [5.41, 5.74) is 1.07. The highest BCUT2D eigenvalue weighted by Crippen LogP contribution is 2.29. The van der Waals surface area contributed by atoms with Crippen molar-refractivity contribution in [2.24, 2.45) is 5.92 Å². The lowest BCUT2D eigenvalue weighted by Crippen LogP contribution is -2.22. The first-order valence-electron chi connectivity index (χ1n) is 7.35. The third-order valence-corrected chi connectivity index (χ3v) is 5.22. The van der Waals surface area contributed by atoms with Crippen LogP contribution in [0.2, 0.25) is 0 Å². The summed E-state index contributed by atoms with van der Waals surface area (Å²) < 4.78 is 1.23. The lowest BCUT2D eigenvalue weighted by Gasteiger charge is -2.20. The van der Waals surface area contributed by atoms with Gasteiger partial charge in [0.2, 0.25) is 0 Å². The number of rotatable bonds is 3. The van der Waals surface area contributed by atoms with Crippen molar-refractivity contribution in [3.8, 4) is 0 Å². The molecule has 1 aliphatic carbocycles. The second-order valence-electron chi connectivity index (χ2n) is 5.60. The van der Waals surface area contributed by atoms with Gasteiger partial charge >= 0.3 is 0 Å². The van der Waals surface area contributed by atoms with Crippen LogP contribution in [0.15, 0.2) is 24.3 Å². The van der Waals surface area contributed by atoms with Crippen LogP contribution < -0.4 is 0 Å². The maximum atomic E-state index is 10.4. The molecule has 0 bridgehead atoms. The van der Waals surface area contributed by atoms with Crippen LogP contribution in [0.3, 0.4) is 0 Å². The van der Waals surface area contributed by atoms with Crippen molar-refractivity contribution in [2.75, 3.05) is 0 Å². The molecule has 0 amide bonds. The second-order valence-corrected chi connectivity index (χ2v) is 6.71. The van der Waals surface area contributed by atoms with E-state index in [-0.39, 0.29) is 6.10 Å². The maximum absolute atomic E-state index is 10.4. The van der Waals surface area contributed by atoms with E-state index in [9.17, 15) is 5.11 Å². The number of aliphatic hydroxyl groups excluding tert-OH is 1. The number of hydrogen-bond acceptors (Lipinski definition) is 3. The predicted molar refractivity (Wildman–Crippen MR) is 80.5 cm³/mol. The summed E-state index contributed by atoms with van der Waals surface area (Å²) in [5.74, 6) is 0.481. The lowest BCUT2D eigenvalue weighted by molar-refractivity contribution is 0.0986. The van der Waals surface area contributed by atoms with Crippen LogP contribution in [0.25, 0.3) is 10.2 Å². The van der Waals surface area contributed by atoms with Crippen LogP contribution in [0, 0.1) is 5.92 Å². The fourth-order valence-electron chi connectivity index (χ4n) is 3.05. The van der Waals surface area contributed by atoms with Crippen molar-refractivity contribution in [1.82, 2.24) is 4.98 Å². The minimum Gasteiger partial charge on any atom is -0.392 e. The molecule has 0 spiro atoms. The summed E-state index contributed by atoms with van der Waals surface area (Å²) >= 11 is 1.72. The van der Waals surface area contributed by atoms with Gasteiger partial charge in [0.15, 0.2) is 0 Å². The van der Waals surface area contributed by atoms with Crippen LogP contribution in [-0.4, -0.2) is 16.2 Å². The van der Waals surface area contributed by atoms with Gasteiger partial charge in [-0.15, -0.1) is 11.3 Å². The Bertz CT molecular complexity index is 495. The van der Waals surface area contributed by atoms with Crippen molar-refractivity contribution >= 4 is 21.6 Å². The molecule has 19 heavy (non-hydrogen) atoms. The number of fused-ring (bicyclic) bond motifs is 1. The zero-order valence-corrected chi connectivity index (χ0v) is 12.0. The molecule has 2 nitrogen and oxygen atoms in total. The van der Waals surface area contributed by atoms with Crippen molar-refractivity contribution < 1.29 is 5.11 Å². The van der Waals surface area contributed by atoms with Crippen LogP contribution in [0.5, 0.6) is 0 Å².